The smallest absolute Gasteiger partial charge is 0.313 e. The summed E-state index contributed by atoms with van der Waals surface area (Å²) in [5, 5.41) is 6.65. The minimum atomic E-state index is -0.978. The molecule has 2 aliphatic rings. The summed E-state index contributed by atoms with van der Waals surface area (Å²) in [6.07, 6.45) is 4.63. The standard InChI is InChI=1S/C23H28Br2N4O4/c1-13-5-8-29(20(30)18-10-14-9-15(24)11-16(25)19(14)33-18)12-17(13)27-21(31)23(28-22(26)32)6-3-2-4-7-23/h9-11,13,17H,2-8,12H2,1H3,(H,27,31)(H3,26,28,32). The number of hydrogen-bond donors (Lipinski definition) is 3. The molecule has 2 unspecified atom stereocenters. The van der Waals surface area contributed by atoms with Gasteiger partial charge in [-0.05, 0) is 59.3 Å². The minimum Gasteiger partial charge on any atom is -0.450 e. The van der Waals surface area contributed by atoms with E-state index in [4.69, 9.17) is 10.2 Å². The number of nitrogens with zero attached hydrogens (tertiary/aromatic N) is 1. The van der Waals surface area contributed by atoms with Crippen LogP contribution in [0.3, 0.4) is 0 Å². The Labute approximate surface area is 209 Å². The number of likely N-dealkylation sites (tertiary alicyclic amines) is 1. The van der Waals surface area contributed by atoms with E-state index in [2.05, 4.69) is 49.4 Å². The third kappa shape index (κ3) is 5.06. The van der Waals surface area contributed by atoms with Gasteiger partial charge in [0.2, 0.25) is 5.91 Å². The molecule has 1 aliphatic carbocycles. The van der Waals surface area contributed by atoms with Crippen LogP contribution in [0, 0.1) is 5.92 Å². The summed E-state index contributed by atoms with van der Waals surface area (Å²) < 4.78 is 7.51. The second kappa shape index (κ2) is 9.66. The average molecular weight is 584 g/mol. The van der Waals surface area contributed by atoms with E-state index >= 15 is 0 Å². The van der Waals surface area contributed by atoms with Gasteiger partial charge in [0.15, 0.2) is 5.76 Å². The maximum absolute atomic E-state index is 13.3. The highest BCUT2D eigenvalue weighted by Gasteiger charge is 2.42. The average Bonchev–Trinajstić information content (AvgIpc) is 3.19. The van der Waals surface area contributed by atoms with Gasteiger partial charge in [0.25, 0.3) is 5.91 Å². The van der Waals surface area contributed by atoms with Crippen LogP contribution in [-0.4, -0.2) is 47.4 Å². The molecule has 2 atom stereocenters. The van der Waals surface area contributed by atoms with Gasteiger partial charge < -0.3 is 25.7 Å². The van der Waals surface area contributed by atoms with Crippen molar-refractivity contribution >= 4 is 60.7 Å². The van der Waals surface area contributed by atoms with Gasteiger partial charge in [-0.1, -0.05) is 42.1 Å². The summed E-state index contributed by atoms with van der Waals surface area (Å²) in [6, 6.07) is 4.59. The first-order chi connectivity index (χ1) is 15.7. The fraction of sp³-hybridized carbons (Fsp3) is 0.522. The molecule has 1 saturated heterocycles. The van der Waals surface area contributed by atoms with E-state index < -0.39 is 11.6 Å². The highest BCUT2D eigenvalue weighted by Crippen LogP contribution is 2.32. The van der Waals surface area contributed by atoms with Gasteiger partial charge in [-0.3, -0.25) is 9.59 Å². The van der Waals surface area contributed by atoms with Crippen molar-refractivity contribution in [3.63, 3.8) is 0 Å². The van der Waals surface area contributed by atoms with Gasteiger partial charge in [0.1, 0.15) is 11.1 Å². The van der Waals surface area contributed by atoms with E-state index in [-0.39, 0.29) is 29.5 Å². The summed E-state index contributed by atoms with van der Waals surface area (Å²) in [7, 11) is 0. The molecule has 0 spiro atoms. The second-order valence-electron chi connectivity index (χ2n) is 9.15. The van der Waals surface area contributed by atoms with Gasteiger partial charge in [0.05, 0.1) is 4.47 Å². The zero-order chi connectivity index (χ0) is 23.8. The molecule has 4 N–H and O–H groups in total. The zero-order valence-electron chi connectivity index (χ0n) is 18.5. The number of fused-ring (bicyclic) bond motifs is 1. The minimum absolute atomic E-state index is 0.188. The molecule has 0 bridgehead atoms. The van der Waals surface area contributed by atoms with E-state index in [0.717, 1.165) is 40.0 Å². The maximum atomic E-state index is 13.3. The number of rotatable bonds is 4. The van der Waals surface area contributed by atoms with Crippen LogP contribution in [0.25, 0.3) is 11.0 Å². The van der Waals surface area contributed by atoms with E-state index in [0.29, 0.717) is 31.5 Å². The molecule has 178 valence electrons. The molecule has 2 aromatic rings. The van der Waals surface area contributed by atoms with Gasteiger partial charge >= 0.3 is 6.03 Å². The Morgan fingerprint density at radius 1 is 1.15 bits per heavy atom. The van der Waals surface area contributed by atoms with E-state index in [9.17, 15) is 14.4 Å². The fourth-order valence-electron chi connectivity index (χ4n) is 4.89. The number of piperidine rings is 1. The van der Waals surface area contributed by atoms with Gasteiger partial charge in [0, 0.05) is 29.0 Å². The first kappa shape index (κ1) is 24.1. The number of hydrogen-bond acceptors (Lipinski definition) is 4. The van der Waals surface area contributed by atoms with Gasteiger partial charge in [-0.25, -0.2) is 4.79 Å². The monoisotopic (exact) mass is 582 g/mol. The first-order valence-corrected chi connectivity index (χ1v) is 12.8. The van der Waals surface area contributed by atoms with Crippen LogP contribution in [-0.2, 0) is 4.79 Å². The molecule has 8 nitrogen and oxygen atoms in total. The van der Waals surface area contributed by atoms with Crippen molar-refractivity contribution in [3.05, 3.63) is 32.9 Å². The summed E-state index contributed by atoms with van der Waals surface area (Å²) in [5.74, 6) is 0.0308. The van der Waals surface area contributed by atoms with E-state index in [1.165, 1.54) is 0 Å². The largest absolute Gasteiger partial charge is 0.450 e. The quantitative estimate of drug-likeness (QED) is 0.497. The van der Waals surface area contributed by atoms with Crippen LogP contribution in [0.5, 0.6) is 0 Å². The Morgan fingerprint density at radius 2 is 1.88 bits per heavy atom. The van der Waals surface area contributed by atoms with Crippen molar-refractivity contribution in [2.24, 2.45) is 11.7 Å². The Bertz CT molecular complexity index is 1080. The molecule has 2 heterocycles. The lowest BCUT2D eigenvalue weighted by Crippen LogP contribution is -2.64. The molecule has 33 heavy (non-hydrogen) atoms. The Hall–Kier alpha value is -2.07. The number of furan rings is 1. The predicted molar refractivity (Wildman–Crippen MR) is 132 cm³/mol. The molecular weight excluding hydrogens is 556 g/mol. The molecule has 4 amide bonds. The second-order valence-corrected chi connectivity index (χ2v) is 10.9. The number of benzene rings is 1. The Morgan fingerprint density at radius 3 is 2.58 bits per heavy atom. The van der Waals surface area contributed by atoms with E-state index in [1.54, 1.807) is 11.0 Å². The summed E-state index contributed by atoms with van der Waals surface area (Å²) in [5.41, 5.74) is 5.03. The number of halogens is 2. The Balaban J connectivity index is 1.49. The molecule has 0 radical (unpaired) electrons. The summed E-state index contributed by atoms with van der Waals surface area (Å²) in [4.78, 5) is 39.9. The third-order valence-electron chi connectivity index (χ3n) is 6.81. The number of carbonyl (C=O) groups excluding carboxylic acids is 3. The van der Waals surface area contributed by atoms with Crippen LogP contribution in [0.4, 0.5) is 4.79 Å². The number of amides is 4. The van der Waals surface area contributed by atoms with Crippen molar-refractivity contribution < 1.29 is 18.8 Å². The molecule has 4 rings (SSSR count). The van der Waals surface area contributed by atoms with Crippen LogP contribution in [0.1, 0.15) is 56.0 Å². The molecule has 1 aromatic carbocycles. The van der Waals surface area contributed by atoms with Gasteiger partial charge in [-0.15, -0.1) is 0 Å². The zero-order valence-corrected chi connectivity index (χ0v) is 21.6. The Kier molecular flexibility index (Phi) is 7.04. The van der Waals surface area contributed by atoms with Crippen LogP contribution < -0.4 is 16.4 Å². The summed E-state index contributed by atoms with van der Waals surface area (Å²) >= 11 is 6.93. The van der Waals surface area contributed by atoms with Crippen molar-refractivity contribution in [3.8, 4) is 0 Å². The molecule has 1 aliphatic heterocycles. The number of urea groups is 1. The number of nitrogens with one attached hydrogen (secondary N) is 2. The fourth-order valence-corrected chi connectivity index (χ4v) is 6.22. The maximum Gasteiger partial charge on any atom is 0.313 e. The van der Waals surface area contributed by atoms with Crippen molar-refractivity contribution in [1.29, 1.82) is 0 Å². The molecule has 10 heteroatoms. The normalized spacial score (nSPS) is 22.7. The lowest BCUT2D eigenvalue weighted by Gasteiger charge is -2.41. The number of nitrogens with two attached hydrogens (primary N) is 1. The van der Waals surface area contributed by atoms with Crippen LogP contribution in [0.15, 0.2) is 31.6 Å². The first-order valence-electron chi connectivity index (χ1n) is 11.2. The predicted octanol–water partition coefficient (Wildman–Crippen LogP) is 4.30. The van der Waals surface area contributed by atoms with Crippen LogP contribution in [0.2, 0.25) is 0 Å². The topological polar surface area (TPSA) is 118 Å². The molecular formula is C23H28Br2N4O4. The molecule has 1 saturated carbocycles. The molecule has 1 aromatic heterocycles. The SMILES string of the molecule is CC1CCN(C(=O)c2cc3cc(Br)cc(Br)c3o2)CC1NC(=O)C1(NC(N)=O)CCCCC1. The number of carbonyl (C=O) groups is 3. The molecule has 2 fully saturated rings. The van der Waals surface area contributed by atoms with Crippen molar-refractivity contribution in [1.82, 2.24) is 15.5 Å². The van der Waals surface area contributed by atoms with Crippen molar-refractivity contribution in [2.75, 3.05) is 13.1 Å². The highest BCUT2D eigenvalue weighted by molar-refractivity contribution is 9.11. The van der Waals surface area contributed by atoms with Gasteiger partial charge in [-0.2, -0.15) is 0 Å². The lowest BCUT2D eigenvalue weighted by molar-refractivity contribution is -0.130. The van der Waals surface area contributed by atoms with E-state index in [1.807, 2.05) is 12.1 Å². The highest BCUT2D eigenvalue weighted by atomic mass is 79.9. The third-order valence-corrected chi connectivity index (χ3v) is 7.86. The summed E-state index contributed by atoms with van der Waals surface area (Å²) in [6.45, 7) is 3.02. The lowest BCUT2D eigenvalue weighted by atomic mass is 9.80. The van der Waals surface area contributed by atoms with Crippen molar-refractivity contribution in [2.45, 2.75) is 57.0 Å². The van der Waals surface area contributed by atoms with Crippen LogP contribution >= 0.6 is 31.9 Å². The number of primary amides is 1.